The summed E-state index contributed by atoms with van der Waals surface area (Å²) in [5.41, 5.74) is 0.750. The third-order valence-electron chi connectivity index (χ3n) is 5.37. The Morgan fingerprint density at radius 1 is 1.22 bits per heavy atom. The Labute approximate surface area is 139 Å². The quantitative estimate of drug-likeness (QED) is 0.828. The first kappa shape index (κ1) is 16.5. The first-order chi connectivity index (χ1) is 11.1. The van der Waals surface area contributed by atoms with Gasteiger partial charge in [0.1, 0.15) is 0 Å². The van der Waals surface area contributed by atoms with Gasteiger partial charge in [-0.1, -0.05) is 33.1 Å². The van der Waals surface area contributed by atoms with Gasteiger partial charge in [-0.05, 0) is 44.4 Å². The summed E-state index contributed by atoms with van der Waals surface area (Å²) in [6, 6.07) is 0.417. The summed E-state index contributed by atoms with van der Waals surface area (Å²) in [4.78, 5) is 19.6. The van der Waals surface area contributed by atoms with Crippen molar-refractivity contribution < 1.29 is 9.21 Å². The maximum Gasteiger partial charge on any atom is 0.291 e. The van der Waals surface area contributed by atoms with E-state index in [2.05, 4.69) is 23.7 Å². The zero-order valence-corrected chi connectivity index (χ0v) is 14.8. The van der Waals surface area contributed by atoms with Crippen molar-refractivity contribution in [1.82, 2.24) is 9.88 Å². The van der Waals surface area contributed by atoms with Gasteiger partial charge in [-0.2, -0.15) is 0 Å². The van der Waals surface area contributed by atoms with Crippen LogP contribution in [0.15, 0.2) is 4.42 Å². The maximum absolute atomic E-state index is 13.0. The lowest BCUT2D eigenvalue weighted by Gasteiger charge is -2.33. The molecule has 0 radical (unpaired) electrons. The molecule has 0 spiro atoms. The fourth-order valence-corrected chi connectivity index (χ4v) is 4.27. The molecule has 1 saturated heterocycles. The molecule has 1 amide bonds. The Kier molecular flexibility index (Phi) is 5.08. The van der Waals surface area contributed by atoms with Crippen LogP contribution in [0, 0.1) is 18.8 Å². The van der Waals surface area contributed by atoms with E-state index in [-0.39, 0.29) is 5.91 Å². The number of aryl methyl sites for hydroxylation is 1. The number of carbonyl (C=O) groups is 1. The molecule has 128 valence electrons. The minimum atomic E-state index is 0.0677. The highest BCUT2D eigenvalue weighted by Gasteiger charge is 2.37. The molecule has 1 aliphatic heterocycles. The Morgan fingerprint density at radius 3 is 2.65 bits per heavy atom. The number of amides is 1. The van der Waals surface area contributed by atoms with Gasteiger partial charge in [0.15, 0.2) is 5.89 Å². The van der Waals surface area contributed by atoms with Gasteiger partial charge in [-0.15, -0.1) is 0 Å². The van der Waals surface area contributed by atoms with E-state index in [0.29, 0.717) is 29.5 Å². The van der Waals surface area contributed by atoms with Crippen LogP contribution in [0.25, 0.3) is 0 Å². The number of hydrogen-bond acceptors (Lipinski definition) is 3. The molecule has 4 nitrogen and oxygen atoms in total. The van der Waals surface area contributed by atoms with Crippen LogP contribution >= 0.6 is 0 Å². The topological polar surface area (TPSA) is 46.3 Å². The minimum absolute atomic E-state index is 0.0677. The zero-order chi connectivity index (χ0) is 16.4. The fourth-order valence-electron chi connectivity index (χ4n) is 4.27. The van der Waals surface area contributed by atoms with Gasteiger partial charge in [-0.3, -0.25) is 4.79 Å². The summed E-state index contributed by atoms with van der Waals surface area (Å²) in [6.45, 7) is 7.05. The predicted molar refractivity (Wildman–Crippen MR) is 90.4 cm³/mol. The van der Waals surface area contributed by atoms with Gasteiger partial charge in [-0.25, -0.2) is 4.98 Å². The van der Waals surface area contributed by atoms with Crippen LogP contribution in [0.5, 0.6) is 0 Å². The van der Waals surface area contributed by atoms with Crippen LogP contribution < -0.4 is 0 Å². The maximum atomic E-state index is 13.0. The summed E-state index contributed by atoms with van der Waals surface area (Å²) in [5.74, 6) is 2.42. The average molecular weight is 318 g/mol. The lowest BCUT2D eigenvalue weighted by molar-refractivity contribution is 0.0626. The Balaban J connectivity index is 1.74. The van der Waals surface area contributed by atoms with Gasteiger partial charge in [0, 0.05) is 19.0 Å². The van der Waals surface area contributed by atoms with Gasteiger partial charge < -0.3 is 9.32 Å². The van der Waals surface area contributed by atoms with Crippen LogP contribution in [0.2, 0.25) is 0 Å². The largest absolute Gasteiger partial charge is 0.435 e. The van der Waals surface area contributed by atoms with E-state index in [1.54, 1.807) is 0 Å². The van der Waals surface area contributed by atoms with E-state index < -0.39 is 0 Å². The monoisotopic (exact) mass is 318 g/mol. The van der Waals surface area contributed by atoms with E-state index in [9.17, 15) is 4.79 Å². The summed E-state index contributed by atoms with van der Waals surface area (Å²) >= 11 is 0. The van der Waals surface area contributed by atoms with E-state index in [1.807, 2.05) is 6.92 Å². The molecular weight excluding hydrogens is 288 g/mol. The lowest BCUT2D eigenvalue weighted by atomic mass is 9.83. The minimum Gasteiger partial charge on any atom is -0.435 e. The summed E-state index contributed by atoms with van der Waals surface area (Å²) in [6.07, 6.45) is 9.63. The van der Waals surface area contributed by atoms with Gasteiger partial charge in [0.05, 0.1) is 5.69 Å². The van der Waals surface area contributed by atoms with Crippen molar-refractivity contribution in [1.29, 1.82) is 0 Å². The normalized spacial score (nSPS) is 23.0. The van der Waals surface area contributed by atoms with Crippen LogP contribution in [-0.2, 0) is 6.42 Å². The zero-order valence-electron chi connectivity index (χ0n) is 14.8. The van der Waals surface area contributed by atoms with E-state index >= 15 is 0 Å². The van der Waals surface area contributed by atoms with Gasteiger partial charge >= 0.3 is 0 Å². The highest BCUT2D eigenvalue weighted by molar-refractivity contribution is 5.92. The molecule has 0 bridgehead atoms. The average Bonchev–Trinajstić information content (AvgIpc) is 3.14. The van der Waals surface area contributed by atoms with Gasteiger partial charge in [0.25, 0.3) is 5.91 Å². The van der Waals surface area contributed by atoms with Crippen LogP contribution in [0.4, 0.5) is 0 Å². The van der Waals surface area contributed by atoms with E-state index in [1.165, 1.54) is 32.1 Å². The standard InChI is InChI=1S/C19H30N2O2/c1-13(2)12-17-20-14(3)18(23-17)19(22)21-11-7-10-16(21)15-8-5-4-6-9-15/h13,15-16H,4-12H2,1-3H3/t16-/m1/s1. The number of likely N-dealkylation sites (tertiary alicyclic amines) is 1. The number of rotatable bonds is 4. The molecule has 1 saturated carbocycles. The lowest BCUT2D eigenvalue weighted by Crippen LogP contribution is -2.40. The van der Waals surface area contributed by atoms with Crippen LogP contribution in [0.3, 0.4) is 0 Å². The third-order valence-corrected chi connectivity index (χ3v) is 5.37. The van der Waals surface area contributed by atoms with E-state index in [4.69, 9.17) is 4.42 Å². The third kappa shape index (κ3) is 3.61. The smallest absolute Gasteiger partial charge is 0.291 e. The van der Waals surface area contributed by atoms with Crippen molar-refractivity contribution in [3.05, 3.63) is 17.3 Å². The predicted octanol–water partition coefficient (Wildman–Crippen LogP) is 4.37. The molecular formula is C19H30N2O2. The Hall–Kier alpha value is -1.32. The van der Waals surface area contributed by atoms with Gasteiger partial charge in [0.2, 0.25) is 5.76 Å². The van der Waals surface area contributed by atoms with E-state index in [0.717, 1.165) is 31.5 Å². The fraction of sp³-hybridized carbons (Fsp3) is 0.789. The molecule has 3 rings (SSSR count). The van der Waals surface area contributed by atoms with Crippen LogP contribution in [0.1, 0.15) is 80.9 Å². The molecule has 0 N–H and O–H groups in total. The first-order valence-corrected chi connectivity index (χ1v) is 9.33. The molecule has 2 fully saturated rings. The van der Waals surface area contributed by atoms with Crippen LogP contribution in [-0.4, -0.2) is 28.4 Å². The van der Waals surface area contributed by atoms with Crippen molar-refractivity contribution in [2.75, 3.05) is 6.54 Å². The summed E-state index contributed by atoms with van der Waals surface area (Å²) < 4.78 is 5.83. The second-order valence-corrected chi connectivity index (χ2v) is 7.73. The van der Waals surface area contributed by atoms with Crippen molar-refractivity contribution in [3.63, 3.8) is 0 Å². The highest BCUT2D eigenvalue weighted by Crippen LogP contribution is 2.35. The highest BCUT2D eigenvalue weighted by atomic mass is 16.4. The number of aromatic nitrogens is 1. The number of nitrogens with zero attached hydrogens (tertiary/aromatic N) is 2. The summed E-state index contributed by atoms with van der Waals surface area (Å²) in [7, 11) is 0. The number of carbonyl (C=O) groups excluding carboxylic acids is 1. The molecule has 23 heavy (non-hydrogen) atoms. The molecule has 1 atom stereocenters. The molecule has 0 aromatic carbocycles. The molecule has 0 unspecified atom stereocenters. The SMILES string of the molecule is Cc1nc(CC(C)C)oc1C(=O)N1CCC[C@@H]1C1CCCCC1. The molecule has 4 heteroatoms. The number of hydrogen-bond donors (Lipinski definition) is 0. The molecule has 2 heterocycles. The molecule has 1 aromatic rings. The first-order valence-electron chi connectivity index (χ1n) is 9.33. The molecule has 1 aliphatic carbocycles. The summed E-state index contributed by atoms with van der Waals surface area (Å²) in [5, 5.41) is 0. The second kappa shape index (κ2) is 7.06. The van der Waals surface area contributed by atoms with Crippen molar-refractivity contribution in [2.45, 2.75) is 78.2 Å². The Bertz CT molecular complexity index is 544. The second-order valence-electron chi connectivity index (χ2n) is 7.73. The van der Waals surface area contributed by atoms with Crippen molar-refractivity contribution >= 4 is 5.91 Å². The van der Waals surface area contributed by atoms with Crippen molar-refractivity contribution in [3.8, 4) is 0 Å². The van der Waals surface area contributed by atoms with Crippen molar-refractivity contribution in [2.24, 2.45) is 11.8 Å². The molecule has 2 aliphatic rings. The number of oxazole rings is 1. The Morgan fingerprint density at radius 2 is 1.96 bits per heavy atom. The molecule has 1 aromatic heterocycles.